The van der Waals surface area contributed by atoms with Gasteiger partial charge in [-0.05, 0) is 43.0 Å². The van der Waals surface area contributed by atoms with Gasteiger partial charge in [0.05, 0.1) is 7.11 Å². The summed E-state index contributed by atoms with van der Waals surface area (Å²) in [6.07, 6.45) is 1.10. The maximum atomic E-state index is 12.3. The number of hydrogen-bond acceptors (Lipinski definition) is 4. The summed E-state index contributed by atoms with van der Waals surface area (Å²) in [5.74, 6) is 1.48. The van der Waals surface area contributed by atoms with Crippen LogP contribution in [0.1, 0.15) is 18.9 Å². The van der Waals surface area contributed by atoms with Crippen molar-refractivity contribution >= 4 is 10.0 Å². The lowest BCUT2D eigenvalue weighted by molar-refractivity contribution is 0.401. The Kier molecular flexibility index (Phi) is 4.67. The maximum Gasteiger partial charge on any atom is 0.244 e. The van der Waals surface area contributed by atoms with E-state index in [-0.39, 0.29) is 4.90 Å². The Hall–Kier alpha value is -1.11. The third kappa shape index (κ3) is 3.50. The van der Waals surface area contributed by atoms with Gasteiger partial charge in [-0.15, -0.1) is 0 Å². The second-order valence-electron chi connectivity index (χ2n) is 5.34. The maximum absolute atomic E-state index is 12.3. The summed E-state index contributed by atoms with van der Waals surface area (Å²) in [6.45, 7) is 3.31. The number of ether oxygens (including phenoxy) is 1. The largest absolute Gasteiger partial charge is 0.495 e. The molecule has 20 heavy (non-hydrogen) atoms. The standard InChI is InChI=1S/C14H22N2O3S/c1-10-6-12(10)9-16-20(17,18)14-5-4-11(8-15-2)7-13(14)19-3/h4-5,7,10,12,15-16H,6,8-9H2,1-3H3. The van der Waals surface area contributed by atoms with E-state index in [0.717, 1.165) is 12.0 Å². The highest BCUT2D eigenvalue weighted by molar-refractivity contribution is 7.89. The SMILES string of the molecule is CNCc1ccc(S(=O)(=O)NCC2CC2C)c(OC)c1. The molecule has 1 aliphatic carbocycles. The molecule has 2 atom stereocenters. The average molecular weight is 298 g/mol. The fourth-order valence-electron chi connectivity index (χ4n) is 2.23. The summed E-state index contributed by atoms with van der Waals surface area (Å²) in [7, 11) is -0.179. The summed E-state index contributed by atoms with van der Waals surface area (Å²) in [5.41, 5.74) is 0.985. The van der Waals surface area contributed by atoms with Gasteiger partial charge in [0.1, 0.15) is 10.6 Å². The second-order valence-corrected chi connectivity index (χ2v) is 7.08. The molecule has 0 bridgehead atoms. The lowest BCUT2D eigenvalue weighted by Gasteiger charge is -2.12. The summed E-state index contributed by atoms with van der Waals surface area (Å²) in [5, 5.41) is 3.03. The van der Waals surface area contributed by atoms with Gasteiger partial charge in [0, 0.05) is 13.1 Å². The lowest BCUT2D eigenvalue weighted by atomic mass is 10.2. The average Bonchev–Trinajstić information content (AvgIpc) is 3.13. The molecule has 112 valence electrons. The van der Waals surface area contributed by atoms with Gasteiger partial charge in [0.2, 0.25) is 10.0 Å². The highest BCUT2D eigenvalue weighted by atomic mass is 32.2. The van der Waals surface area contributed by atoms with Crippen LogP contribution in [0, 0.1) is 11.8 Å². The molecule has 6 heteroatoms. The first-order chi connectivity index (χ1) is 9.47. The zero-order chi connectivity index (χ0) is 14.8. The van der Waals surface area contributed by atoms with Gasteiger partial charge in [0.25, 0.3) is 0 Å². The van der Waals surface area contributed by atoms with Gasteiger partial charge < -0.3 is 10.1 Å². The van der Waals surface area contributed by atoms with Crippen LogP contribution in [-0.2, 0) is 16.6 Å². The van der Waals surface area contributed by atoms with E-state index in [1.807, 2.05) is 7.05 Å². The molecule has 1 aliphatic rings. The van der Waals surface area contributed by atoms with E-state index in [4.69, 9.17) is 4.74 Å². The summed E-state index contributed by atoms with van der Waals surface area (Å²) >= 11 is 0. The molecule has 1 aromatic rings. The van der Waals surface area contributed by atoms with Crippen LogP contribution in [0.2, 0.25) is 0 Å². The molecule has 0 radical (unpaired) electrons. The molecule has 2 unspecified atom stereocenters. The van der Waals surface area contributed by atoms with Gasteiger partial charge >= 0.3 is 0 Å². The Bertz CT molecular complexity index is 572. The van der Waals surface area contributed by atoms with E-state index in [2.05, 4.69) is 17.0 Å². The third-order valence-corrected chi connectivity index (χ3v) is 5.17. The molecule has 0 heterocycles. The smallest absolute Gasteiger partial charge is 0.244 e. The fourth-order valence-corrected chi connectivity index (χ4v) is 3.47. The summed E-state index contributed by atoms with van der Waals surface area (Å²) in [6, 6.07) is 5.16. The minimum absolute atomic E-state index is 0.202. The van der Waals surface area contributed by atoms with Crippen LogP contribution in [0.4, 0.5) is 0 Å². The van der Waals surface area contributed by atoms with Crippen molar-refractivity contribution in [1.82, 2.24) is 10.0 Å². The van der Waals surface area contributed by atoms with Crippen LogP contribution in [0.15, 0.2) is 23.1 Å². The van der Waals surface area contributed by atoms with Gasteiger partial charge in [-0.25, -0.2) is 13.1 Å². The lowest BCUT2D eigenvalue weighted by Crippen LogP contribution is -2.26. The molecule has 0 aromatic heterocycles. The van der Waals surface area contributed by atoms with Crippen LogP contribution in [-0.4, -0.2) is 29.1 Å². The molecule has 1 saturated carbocycles. The Balaban J connectivity index is 2.16. The van der Waals surface area contributed by atoms with Crippen LogP contribution in [0.5, 0.6) is 5.75 Å². The second kappa shape index (κ2) is 6.11. The highest BCUT2D eigenvalue weighted by Crippen LogP contribution is 2.37. The van der Waals surface area contributed by atoms with Crippen molar-refractivity contribution < 1.29 is 13.2 Å². The van der Waals surface area contributed by atoms with Crippen LogP contribution in [0.3, 0.4) is 0 Å². The van der Waals surface area contributed by atoms with E-state index in [9.17, 15) is 8.42 Å². The molecule has 5 nitrogen and oxygen atoms in total. The molecule has 2 N–H and O–H groups in total. The first kappa shape index (κ1) is 15.3. The normalized spacial score (nSPS) is 21.8. The molecule has 1 aromatic carbocycles. The number of sulfonamides is 1. The van der Waals surface area contributed by atoms with Crippen molar-refractivity contribution in [1.29, 1.82) is 0 Å². The summed E-state index contributed by atoms with van der Waals surface area (Å²) < 4.78 is 32.5. The van der Waals surface area contributed by atoms with E-state index in [1.54, 1.807) is 18.2 Å². The Labute approximate surface area is 120 Å². The molecule has 1 fully saturated rings. The van der Waals surface area contributed by atoms with Gasteiger partial charge in [0.15, 0.2) is 0 Å². The van der Waals surface area contributed by atoms with Crippen molar-refractivity contribution in [2.45, 2.75) is 24.8 Å². The molecular formula is C14H22N2O3S. The monoisotopic (exact) mass is 298 g/mol. The van der Waals surface area contributed by atoms with Crippen LogP contribution < -0.4 is 14.8 Å². The quantitative estimate of drug-likeness (QED) is 0.797. The minimum atomic E-state index is -3.51. The topological polar surface area (TPSA) is 67.4 Å². The van der Waals surface area contributed by atoms with Gasteiger partial charge in [-0.3, -0.25) is 0 Å². The highest BCUT2D eigenvalue weighted by Gasteiger charge is 2.33. The molecule has 0 aliphatic heterocycles. The van der Waals surface area contributed by atoms with E-state index in [1.165, 1.54) is 7.11 Å². The first-order valence-corrected chi connectivity index (χ1v) is 8.27. The zero-order valence-corrected chi connectivity index (χ0v) is 13.0. The molecule has 2 rings (SSSR count). The van der Waals surface area contributed by atoms with E-state index >= 15 is 0 Å². The number of hydrogen-bond donors (Lipinski definition) is 2. The van der Waals surface area contributed by atoms with E-state index < -0.39 is 10.0 Å². The number of nitrogens with one attached hydrogen (secondary N) is 2. The van der Waals surface area contributed by atoms with E-state index in [0.29, 0.717) is 30.7 Å². The van der Waals surface area contributed by atoms with Crippen molar-refractivity contribution in [2.24, 2.45) is 11.8 Å². The molecule has 0 amide bonds. The molecule has 0 saturated heterocycles. The number of benzene rings is 1. The van der Waals surface area contributed by atoms with Crippen molar-refractivity contribution in [3.8, 4) is 5.75 Å². The Morgan fingerprint density at radius 2 is 2.10 bits per heavy atom. The Morgan fingerprint density at radius 1 is 1.40 bits per heavy atom. The third-order valence-electron chi connectivity index (χ3n) is 3.71. The fraction of sp³-hybridized carbons (Fsp3) is 0.571. The van der Waals surface area contributed by atoms with Crippen molar-refractivity contribution in [3.05, 3.63) is 23.8 Å². The molecule has 0 spiro atoms. The van der Waals surface area contributed by atoms with Crippen molar-refractivity contribution in [3.63, 3.8) is 0 Å². The Morgan fingerprint density at radius 3 is 2.65 bits per heavy atom. The van der Waals surface area contributed by atoms with Crippen LogP contribution in [0.25, 0.3) is 0 Å². The van der Waals surface area contributed by atoms with Crippen molar-refractivity contribution in [2.75, 3.05) is 20.7 Å². The molecular weight excluding hydrogens is 276 g/mol. The van der Waals surface area contributed by atoms with Gasteiger partial charge in [-0.2, -0.15) is 0 Å². The number of methoxy groups -OCH3 is 1. The number of rotatable bonds is 7. The van der Waals surface area contributed by atoms with Crippen LogP contribution >= 0.6 is 0 Å². The van der Waals surface area contributed by atoms with Gasteiger partial charge in [-0.1, -0.05) is 13.0 Å². The minimum Gasteiger partial charge on any atom is -0.495 e. The zero-order valence-electron chi connectivity index (χ0n) is 12.1. The predicted octanol–water partition coefficient (Wildman–Crippen LogP) is 1.35. The predicted molar refractivity (Wildman–Crippen MR) is 78.2 cm³/mol. The first-order valence-electron chi connectivity index (χ1n) is 6.79. The summed E-state index contributed by atoms with van der Waals surface area (Å²) in [4.78, 5) is 0.202.